The topological polar surface area (TPSA) is 45.5 Å². The Hall–Kier alpha value is -3.47. The van der Waals surface area contributed by atoms with Crippen molar-refractivity contribution in [2.24, 2.45) is 0 Å². The summed E-state index contributed by atoms with van der Waals surface area (Å²) in [6, 6.07) is 24.0. The van der Waals surface area contributed by atoms with Crippen LogP contribution in [0.4, 0.5) is 0 Å². The van der Waals surface area contributed by atoms with Crippen LogP contribution in [0.3, 0.4) is 0 Å². The molecule has 4 aromatic rings. The lowest BCUT2D eigenvalue weighted by Crippen LogP contribution is -2.09. The monoisotopic (exact) mass is 416 g/mol. The van der Waals surface area contributed by atoms with E-state index in [0.29, 0.717) is 13.2 Å². The van der Waals surface area contributed by atoms with E-state index in [0.717, 1.165) is 53.5 Å². The van der Waals surface area contributed by atoms with Gasteiger partial charge in [-0.1, -0.05) is 30.3 Å². The van der Waals surface area contributed by atoms with Crippen molar-refractivity contribution in [3.8, 4) is 17.2 Å². The number of hydrogen-bond donors (Lipinski definition) is 0. The minimum Gasteiger partial charge on any atom is -0.497 e. The SMILES string of the molecule is COc1cccc(OCc2nc3ccccc3n2CCCCOc2cccc(C)c2)c1. The summed E-state index contributed by atoms with van der Waals surface area (Å²) in [5.41, 5.74) is 3.33. The molecule has 0 atom stereocenters. The molecule has 1 heterocycles. The van der Waals surface area contributed by atoms with Gasteiger partial charge < -0.3 is 18.8 Å². The largest absolute Gasteiger partial charge is 0.497 e. The number of rotatable bonds is 10. The lowest BCUT2D eigenvalue weighted by molar-refractivity contribution is 0.283. The lowest BCUT2D eigenvalue weighted by Gasteiger charge is -2.12. The number of para-hydroxylation sites is 2. The molecule has 0 N–H and O–H groups in total. The van der Waals surface area contributed by atoms with Crippen molar-refractivity contribution >= 4 is 11.0 Å². The van der Waals surface area contributed by atoms with Gasteiger partial charge in [0.1, 0.15) is 29.7 Å². The van der Waals surface area contributed by atoms with Crippen LogP contribution in [0.5, 0.6) is 17.2 Å². The molecule has 5 nitrogen and oxygen atoms in total. The van der Waals surface area contributed by atoms with Gasteiger partial charge >= 0.3 is 0 Å². The highest BCUT2D eigenvalue weighted by atomic mass is 16.5. The standard InChI is InChI=1S/C26H28N2O3/c1-20-9-7-11-22(17-20)30-16-6-5-15-28-25-14-4-3-13-24(25)27-26(28)19-31-23-12-8-10-21(18-23)29-2/h3-4,7-14,17-18H,5-6,15-16,19H2,1-2H3. The maximum atomic E-state index is 6.01. The van der Waals surface area contributed by atoms with E-state index >= 15 is 0 Å². The number of benzene rings is 3. The molecule has 5 heteroatoms. The van der Waals surface area contributed by atoms with Crippen molar-refractivity contribution in [3.05, 3.63) is 84.2 Å². The van der Waals surface area contributed by atoms with Crippen molar-refractivity contribution < 1.29 is 14.2 Å². The molecule has 3 aromatic carbocycles. The minimum absolute atomic E-state index is 0.404. The van der Waals surface area contributed by atoms with Gasteiger partial charge in [0.25, 0.3) is 0 Å². The summed E-state index contributed by atoms with van der Waals surface area (Å²) in [4.78, 5) is 4.80. The molecule has 160 valence electrons. The molecule has 0 bridgehead atoms. The molecule has 0 fully saturated rings. The number of aryl methyl sites for hydroxylation is 2. The zero-order valence-corrected chi connectivity index (χ0v) is 18.1. The number of nitrogens with zero attached hydrogens (tertiary/aromatic N) is 2. The van der Waals surface area contributed by atoms with Crippen LogP contribution < -0.4 is 14.2 Å². The molecule has 1 aromatic heterocycles. The van der Waals surface area contributed by atoms with Crippen LogP contribution in [0.1, 0.15) is 24.2 Å². The Morgan fingerprint density at radius 1 is 0.806 bits per heavy atom. The predicted octanol–water partition coefficient (Wildman–Crippen LogP) is 5.79. The lowest BCUT2D eigenvalue weighted by atomic mass is 10.2. The molecular formula is C26H28N2O3. The van der Waals surface area contributed by atoms with E-state index in [1.807, 2.05) is 54.6 Å². The summed E-state index contributed by atoms with van der Waals surface area (Å²) < 4.78 is 19.4. The van der Waals surface area contributed by atoms with Crippen LogP contribution in [0.2, 0.25) is 0 Å². The van der Waals surface area contributed by atoms with Crippen LogP contribution >= 0.6 is 0 Å². The predicted molar refractivity (Wildman–Crippen MR) is 123 cm³/mol. The van der Waals surface area contributed by atoms with Crippen molar-refractivity contribution in [2.75, 3.05) is 13.7 Å². The summed E-state index contributed by atoms with van der Waals surface area (Å²) >= 11 is 0. The highest BCUT2D eigenvalue weighted by molar-refractivity contribution is 5.75. The van der Waals surface area contributed by atoms with Gasteiger partial charge in [-0.2, -0.15) is 0 Å². The molecule has 0 aliphatic rings. The third kappa shape index (κ3) is 5.37. The average Bonchev–Trinajstić information content (AvgIpc) is 3.15. The van der Waals surface area contributed by atoms with Gasteiger partial charge in [-0.05, 0) is 61.7 Å². The number of ether oxygens (including phenoxy) is 3. The number of unbranched alkanes of at least 4 members (excludes halogenated alkanes) is 1. The molecule has 0 radical (unpaired) electrons. The van der Waals surface area contributed by atoms with Gasteiger partial charge in [-0.15, -0.1) is 0 Å². The molecule has 0 saturated heterocycles. The summed E-state index contributed by atoms with van der Waals surface area (Å²) in [5.74, 6) is 3.40. The highest BCUT2D eigenvalue weighted by Crippen LogP contribution is 2.22. The Labute approximate surface area is 183 Å². The maximum Gasteiger partial charge on any atom is 0.147 e. The number of fused-ring (bicyclic) bond motifs is 1. The van der Waals surface area contributed by atoms with Crippen LogP contribution in [0.15, 0.2) is 72.8 Å². The van der Waals surface area contributed by atoms with Crippen molar-refractivity contribution in [2.45, 2.75) is 32.9 Å². The first-order valence-electron chi connectivity index (χ1n) is 10.6. The Morgan fingerprint density at radius 2 is 1.58 bits per heavy atom. The number of methoxy groups -OCH3 is 1. The van der Waals surface area contributed by atoms with E-state index in [9.17, 15) is 0 Å². The van der Waals surface area contributed by atoms with E-state index < -0.39 is 0 Å². The molecule has 0 spiro atoms. The first-order chi connectivity index (χ1) is 15.2. The molecule has 31 heavy (non-hydrogen) atoms. The molecule has 0 amide bonds. The summed E-state index contributed by atoms with van der Waals surface area (Å²) in [6.07, 6.45) is 1.97. The molecule has 4 rings (SSSR count). The van der Waals surface area contributed by atoms with E-state index in [-0.39, 0.29) is 0 Å². The Morgan fingerprint density at radius 3 is 2.42 bits per heavy atom. The smallest absolute Gasteiger partial charge is 0.147 e. The third-order valence-electron chi connectivity index (χ3n) is 5.18. The summed E-state index contributed by atoms with van der Waals surface area (Å²) in [5, 5.41) is 0. The second-order valence-electron chi connectivity index (χ2n) is 7.51. The number of aromatic nitrogens is 2. The van der Waals surface area contributed by atoms with Crippen LogP contribution in [0, 0.1) is 6.92 Å². The second-order valence-corrected chi connectivity index (χ2v) is 7.51. The molecular weight excluding hydrogens is 388 g/mol. The zero-order valence-electron chi connectivity index (χ0n) is 18.1. The fraction of sp³-hybridized carbons (Fsp3) is 0.269. The Kier molecular flexibility index (Phi) is 6.72. The van der Waals surface area contributed by atoms with Crippen LogP contribution in [-0.4, -0.2) is 23.3 Å². The van der Waals surface area contributed by atoms with Crippen molar-refractivity contribution in [1.82, 2.24) is 9.55 Å². The van der Waals surface area contributed by atoms with Crippen LogP contribution in [0.25, 0.3) is 11.0 Å². The fourth-order valence-electron chi connectivity index (χ4n) is 3.59. The van der Waals surface area contributed by atoms with Gasteiger partial charge in [-0.25, -0.2) is 4.98 Å². The van der Waals surface area contributed by atoms with E-state index in [2.05, 4.69) is 29.7 Å². The van der Waals surface area contributed by atoms with E-state index in [1.54, 1.807) is 7.11 Å². The average molecular weight is 417 g/mol. The number of imidazole rings is 1. The quantitative estimate of drug-likeness (QED) is 0.307. The highest BCUT2D eigenvalue weighted by Gasteiger charge is 2.11. The fourth-order valence-corrected chi connectivity index (χ4v) is 3.59. The second kappa shape index (κ2) is 10.0. The summed E-state index contributed by atoms with van der Waals surface area (Å²) in [6.45, 7) is 4.05. The minimum atomic E-state index is 0.404. The zero-order chi connectivity index (χ0) is 21.5. The maximum absolute atomic E-state index is 6.01. The van der Waals surface area contributed by atoms with Gasteiger partial charge in [-0.3, -0.25) is 0 Å². The first kappa shape index (κ1) is 20.8. The van der Waals surface area contributed by atoms with Crippen LogP contribution in [-0.2, 0) is 13.2 Å². The van der Waals surface area contributed by atoms with Crippen molar-refractivity contribution in [1.29, 1.82) is 0 Å². The summed E-state index contributed by atoms with van der Waals surface area (Å²) in [7, 11) is 1.65. The van der Waals surface area contributed by atoms with Gasteiger partial charge in [0.2, 0.25) is 0 Å². The van der Waals surface area contributed by atoms with Gasteiger partial charge in [0, 0.05) is 12.6 Å². The molecule has 0 aliphatic carbocycles. The Bertz CT molecular complexity index is 1140. The van der Waals surface area contributed by atoms with E-state index in [4.69, 9.17) is 19.2 Å². The van der Waals surface area contributed by atoms with Gasteiger partial charge in [0.05, 0.1) is 24.8 Å². The molecule has 0 unspecified atom stereocenters. The Balaban J connectivity index is 1.39. The van der Waals surface area contributed by atoms with Gasteiger partial charge in [0.15, 0.2) is 0 Å². The van der Waals surface area contributed by atoms with E-state index in [1.165, 1.54) is 5.56 Å². The molecule has 0 saturated carbocycles. The first-order valence-corrected chi connectivity index (χ1v) is 10.6. The third-order valence-corrected chi connectivity index (χ3v) is 5.18. The number of hydrogen-bond acceptors (Lipinski definition) is 4. The molecule has 0 aliphatic heterocycles. The normalized spacial score (nSPS) is 10.9. The van der Waals surface area contributed by atoms with Crippen molar-refractivity contribution in [3.63, 3.8) is 0 Å².